The largest absolute Gasteiger partial charge is 0.492 e. The number of hydrogen-bond donors (Lipinski definition) is 1. The zero-order valence-corrected chi connectivity index (χ0v) is 14.2. The third kappa shape index (κ3) is 1.96. The van der Waals surface area contributed by atoms with Crippen LogP contribution in [-0.4, -0.2) is 61.7 Å². The first-order chi connectivity index (χ1) is 12.1. The molecule has 3 heterocycles. The number of nitrogens with zero attached hydrogens (tertiary/aromatic N) is 1. The lowest BCUT2D eigenvalue weighted by molar-refractivity contribution is -0.0783. The number of rotatable bonds is 1. The summed E-state index contributed by atoms with van der Waals surface area (Å²) in [5.41, 5.74) is 1.24. The van der Waals surface area contributed by atoms with Gasteiger partial charge in [0, 0.05) is 17.5 Å². The minimum Gasteiger partial charge on any atom is -0.492 e. The Kier molecular flexibility index (Phi) is 3.21. The minimum atomic E-state index is -0.662. The van der Waals surface area contributed by atoms with Crippen molar-refractivity contribution in [3.05, 3.63) is 17.2 Å². The van der Waals surface area contributed by atoms with E-state index in [2.05, 4.69) is 11.9 Å². The maximum absolute atomic E-state index is 12.6. The SMILES string of the molecule is COc1c2c(cc3c1C1C(OC3=O)C(O)CC3CCN(C)C31)OCO2. The van der Waals surface area contributed by atoms with E-state index in [4.69, 9.17) is 18.9 Å². The second-order valence-corrected chi connectivity index (χ2v) is 7.32. The van der Waals surface area contributed by atoms with Crippen LogP contribution in [0.15, 0.2) is 6.07 Å². The topological polar surface area (TPSA) is 77.5 Å². The molecule has 7 heteroatoms. The molecule has 5 rings (SSSR count). The summed E-state index contributed by atoms with van der Waals surface area (Å²) in [6.07, 6.45) is 0.476. The van der Waals surface area contributed by atoms with E-state index >= 15 is 0 Å². The van der Waals surface area contributed by atoms with Crippen molar-refractivity contribution in [2.75, 3.05) is 27.5 Å². The van der Waals surface area contributed by atoms with Gasteiger partial charge in [0.15, 0.2) is 11.5 Å². The number of carbonyl (C=O) groups is 1. The molecule has 2 fully saturated rings. The average molecular weight is 347 g/mol. The molecular weight excluding hydrogens is 326 g/mol. The smallest absolute Gasteiger partial charge is 0.339 e. The maximum Gasteiger partial charge on any atom is 0.339 e. The minimum absolute atomic E-state index is 0.103. The van der Waals surface area contributed by atoms with E-state index in [1.165, 1.54) is 0 Å². The standard InChI is InChI=1S/C18H21NO6/c1-19-4-3-8-5-10(20)15-13(14(8)19)12-9(18(21)25-15)6-11-16(17(12)22-2)24-7-23-11/h6,8,10,13-15,20H,3-5,7H2,1-2H3. The number of likely N-dealkylation sites (tertiary alicyclic amines) is 1. The number of benzene rings is 1. The van der Waals surface area contributed by atoms with Crippen LogP contribution < -0.4 is 14.2 Å². The Morgan fingerprint density at radius 2 is 2.20 bits per heavy atom. The summed E-state index contributed by atoms with van der Waals surface area (Å²) < 4.78 is 22.4. The number of esters is 1. The van der Waals surface area contributed by atoms with E-state index in [0.29, 0.717) is 35.2 Å². The van der Waals surface area contributed by atoms with Gasteiger partial charge in [-0.15, -0.1) is 0 Å². The monoisotopic (exact) mass is 347 g/mol. The van der Waals surface area contributed by atoms with Gasteiger partial charge >= 0.3 is 5.97 Å². The van der Waals surface area contributed by atoms with Crippen LogP contribution in [0.25, 0.3) is 0 Å². The van der Waals surface area contributed by atoms with Crippen molar-refractivity contribution in [3.8, 4) is 17.2 Å². The Morgan fingerprint density at radius 1 is 1.36 bits per heavy atom. The van der Waals surface area contributed by atoms with E-state index in [1.54, 1.807) is 13.2 Å². The molecule has 1 N–H and O–H groups in total. The second-order valence-electron chi connectivity index (χ2n) is 7.32. The van der Waals surface area contributed by atoms with Gasteiger partial charge in [-0.2, -0.15) is 0 Å². The Morgan fingerprint density at radius 3 is 3.00 bits per heavy atom. The molecule has 3 aliphatic heterocycles. The lowest BCUT2D eigenvalue weighted by atomic mass is 9.68. The van der Waals surface area contributed by atoms with Crippen LogP contribution in [0.4, 0.5) is 0 Å². The van der Waals surface area contributed by atoms with Crippen molar-refractivity contribution < 1.29 is 28.8 Å². The van der Waals surface area contributed by atoms with Gasteiger partial charge in [0.2, 0.25) is 12.5 Å². The van der Waals surface area contributed by atoms with E-state index in [9.17, 15) is 9.90 Å². The van der Waals surface area contributed by atoms with Gasteiger partial charge in [-0.3, -0.25) is 0 Å². The summed E-state index contributed by atoms with van der Waals surface area (Å²) >= 11 is 0. The number of carbonyl (C=O) groups excluding carboxylic acids is 1. The lowest BCUT2D eigenvalue weighted by Gasteiger charge is -2.47. The number of aliphatic hydroxyl groups excluding tert-OH is 1. The molecular formula is C18H21NO6. The van der Waals surface area contributed by atoms with Crippen molar-refractivity contribution >= 4 is 5.97 Å². The van der Waals surface area contributed by atoms with Gasteiger partial charge < -0.3 is 29.0 Å². The third-order valence-electron chi connectivity index (χ3n) is 6.15. The second kappa shape index (κ2) is 5.25. The van der Waals surface area contributed by atoms with Crippen LogP contribution in [0.1, 0.15) is 34.7 Å². The molecule has 5 unspecified atom stereocenters. The van der Waals surface area contributed by atoms with E-state index in [-0.39, 0.29) is 18.8 Å². The number of aliphatic hydroxyl groups is 1. The molecule has 1 aromatic rings. The fraction of sp³-hybridized carbons (Fsp3) is 0.611. The molecule has 25 heavy (non-hydrogen) atoms. The number of methoxy groups -OCH3 is 1. The summed E-state index contributed by atoms with van der Waals surface area (Å²) in [4.78, 5) is 14.9. The van der Waals surface area contributed by atoms with Crippen LogP contribution in [0, 0.1) is 5.92 Å². The van der Waals surface area contributed by atoms with Gasteiger partial charge in [0.1, 0.15) is 6.10 Å². The Labute approximate surface area is 145 Å². The molecule has 7 nitrogen and oxygen atoms in total. The van der Waals surface area contributed by atoms with Crippen LogP contribution in [0.2, 0.25) is 0 Å². The zero-order valence-electron chi connectivity index (χ0n) is 14.2. The van der Waals surface area contributed by atoms with Crippen molar-refractivity contribution in [1.29, 1.82) is 0 Å². The van der Waals surface area contributed by atoms with E-state index < -0.39 is 18.2 Å². The first-order valence-electron chi connectivity index (χ1n) is 8.70. The quantitative estimate of drug-likeness (QED) is 0.763. The Balaban J connectivity index is 1.74. The Bertz CT molecular complexity index is 750. The average Bonchev–Trinajstić information content (AvgIpc) is 3.20. The lowest BCUT2D eigenvalue weighted by Crippen LogP contribution is -2.54. The first kappa shape index (κ1) is 15.3. The summed E-state index contributed by atoms with van der Waals surface area (Å²) in [7, 11) is 3.66. The van der Waals surface area contributed by atoms with Crippen LogP contribution in [0.3, 0.4) is 0 Å². The van der Waals surface area contributed by atoms with Crippen molar-refractivity contribution in [3.63, 3.8) is 0 Å². The van der Waals surface area contributed by atoms with Gasteiger partial charge in [0.25, 0.3) is 0 Å². The van der Waals surface area contributed by atoms with E-state index in [1.807, 2.05) is 0 Å². The highest BCUT2D eigenvalue weighted by atomic mass is 16.7. The number of fused-ring (bicyclic) bond motifs is 6. The maximum atomic E-state index is 12.6. The highest BCUT2D eigenvalue weighted by Gasteiger charge is 2.55. The molecule has 1 aliphatic carbocycles. The van der Waals surface area contributed by atoms with Crippen LogP contribution in [0.5, 0.6) is 17.2 Å². The molecule has 1 saturated heterocycles. The molecule has 1 aromatic carbocycles. The highest BCUT2D eigenvalue weighted by molar-refractivity contribution is 5.95. The molecule has 0 bridgehead atoms. The van der Waals surface area contributed by atoms with Gasteiger partial charge in [0.05, 0.1) is 18.8 Å². The van der Waals surface area contributed by atoms with Gasteiger partial charge in [-0.05, 0) is 38.4 Å². The molecule has 4 aliphatic rings. The fourth-order valence-corrected chi connectivity index (χ4v) is 5.15. The summed E-state index contributed by atoms with van der Waals surface area (Å²) in [6.45, 7) is 1.08. The van der Waals surface area contributed by atoms with Crippen molar-refractivity contribution in [1.82, 2.24) is 4.90 Å². The molecule has 5 atom stereocenters. The third-order valence-corrected chi connectivity index (χ3v) is 6.15. The Hall–Kier alpha value is -1.99. The van der Waals surface area contributed by atoms with Gasteiger partial charge in [-0.1, -0.05) is 0 Å². The number of ether oxygens (including phenoxy) is 4. The predicted molar refractivity (Wildman–Crippen MR) is 86.2 cm³/mol. The molecule has 0 amide bonds. The predicted octanol–water partition coefficient (Wildman–Crippen LogP) is 1.13. The molecule has 1 saturated carbocycles. The molecule has 0 spiro atoms. The fourth-order valence-electron chi connectivity index (χ4n) is 5.15. The summed E-state index contributed by atoms with van der Waals surface area (Å²) in [5, 5.41) is 10.6. The van der Waals surface area contributed by atoms with Crippen LogP contribution in [-0.2, 0) is 4.74 Å². The first-order valence-corrected chi connectivity index (χ1v) is 8.70. The number of likely N-dealkylation sites (N-methyl/N-ethyl adjacent to an activating group) is 1. The highest BCUT2D eigenvalue weighted by Crippen LogP contribution is 2.55. The van der Waals surface area contributed by atoms with Crippen molar-refractivity contribution in [2.24, 2.45) is 5.92 Å². The van der Waals surface area contributed by atoms with Crippen LogP contribution >= 0.6 is 0 Å². The van der Waals surface area contributed by atoms with E-state index in [0.717, 1.165) is 18.5 Å². The number of hydrogen-bond acceptors (Lipinski definition) is 7. The zero-order chi connectivity index (χ0) is 17.3. The summed E-state index contributed by atoms with van der Waals surface area (Å²) in [5.74, 6) is 1.36. The summed E-state index contributed by atoms with van der Waals surface area (Å²) in [6, 6.07) is 1.89. The molecule has 0 aromatic heterocycles. The van der Waals surface area contributed by atoms with Gasteiger partial charge in [-0.25, -0.2) is 4.79 Å². The normalized spacial score (nSPS) is 35.6. The molecule has 134 valence electrons. The van der Waals surface area contributed by atoms with Crippen molar-refractivity contribution in [2.45, 2.75) is 37.0 Å². The molecule has 0 radical (unpaired) electrons.